The van der Waals surface area contributed by atoms with Gasteiger partial charge in [0.05, 0.1) is 12.6 Å². The number of benzene rings is 1. The average molecular weight is 347 g/mol. The smallest absolute Gasteiger partial charge is 0.191 e. The molecule has 0 saturated carbocycles. The van der Waals surface area contributed by atoms with Gasteiger partial charge < -0.3 is 15.4 Å². The van der Waals surface area contributed by atoms with Crippen molar-refractivity contribution in [1.29, 1.82) is 0 Å². The van der Waals surface area contributed by atoms with Crippen molar-refractivity contribution < 1.29 is 4.74 Å². The van der Waals surface area contributed by atoms with Crippen LogP contribution in [0.5, 0.6) is 0 Å². The number of rotatable bonds is 10. The van der Waals surface area contributed by atoms with Crippen LogP contribution in [-0.2, 0) is 4.74 Å². The van der Waals surface area contributed by atoms with Crippen LogP contribution in [0, 0.1) is 0 Å². The van der Waals surface area contributed by atoms with Crippen LogP contribution in [-0.4, -0.2) is 57.3 Å². The predicted molar refractivity (Wildman–Crippen MR) is 105 cm³/mol. The van der Waals surface area contributed by atoms with E-state index in [-0.39, 0.29) is 0 Å². The Bertz CT molecular complexity index is 486. The molecule has 1 unspecified atom stereocenters. The molecule has 1 aliphatic rings. The molecule has 0 spiro atoms. The van der Waals surface area contributed by atoms with Gasteiger partial charge in [-0.05, 0) is 37.9 Å². The van der Waals surface area contributed by atoms with E-state index in [2.05, 4.69) is 57.8 Å². The molecule has 0 aliphatic carbocycles. The minimum atomic E-state index is 0.392. The highest BCUT2D eigenvalue weighted by atomic mass is 16.5. The topological polar surface area (TPSA) is 48.9 Å². The van der Waals surface area contributed by atoms with Gasteiger partial charge in [0.1, 0.15) is 0 Å². The summed E-state index contributed by atoms with van der Waals surface area (Å²) in [6.45, 7) is 7.74. The summed E-state index contributed by atoms with van der Waals surface area (Å²) in [5, 5.41) is 6.83. The van der Waals surface area contributed by atoms with Crippen molar-refractivity contribution in [3.63, 3.8) is 0 Å². The number of hydrogen-bond acceptors (Lipinski definition) is 3. The zero-order valence-electron chi connectivity index (χ0n) is 15.8. The number of aliphatic imine (C=N–C) groups is 1. The molecule has 0 aromatic heterocycles. The number of guanidine groups is 1. The minimum Gasteiger partial charge on any atom is -0.380 e. The van der Waals surface area contributed by atoms with Crippen molar-refractivity contribution >= 4 is 5.96 Å². The molecule has 5 heteroatoms. The number of likely N-dealkylation sites (tertiary alicyclic amines) is 1. The summed E-state index contributed by atoms with van der Waals surface area (Å²) < 4.78 is 5.59. The normalized spacial score (nSPS) is 16.8. The lowest BCUT2D eigenvalue weighted by Crippen LogP contribution is -2.43. The first kappa shape index (κ1) is 19.7. The second-order valence-corrected chi connectivity index (χ2v) is 6.52. The van der Waals surface area contributed by atoms with Crippen molar-refractivity contribution in [2.45, 2.75) is 38.6 Å². The Morgan fingerprint density at radius 2 is 1.92 bits per heavy atom. The van der Waals surface area contributed by atoms with Crippen molar-refractivity contribution in [3.05, 3.63) is 35.9 Å². The summed E-state index contributed by atoms with van der Waals surface area (Å²) in [6.07, 6.45) is 4.90. The first-order valence-electron chi connectivity index (χ1n) is 9.66. The van der Waals surface area contributed by atoms with E-state index in [1.54, 1.807) is 0 Å². The summed E-state index contributed by atoms with van der Waals surface area (Å²) in [4.78, 5) is 6.91. The van der Waals surface area contributed by atoms with Gasteiger partial charge in [-0.2, -0.15) is 0 Å². The van der Waals surface area contributed by atoms with Crippen LogP contribution in [0.15, 0.2) is 35.3 Å². The average Bonchev–Trinajstić information content (AvgIpc) is 3.18. The third-order valence-electron chi connectivity index (χ3n) is 4.63. The molecule has 1 saturated heterocycles. The van der Waals surface area contributed by atoms with Gasteiger partial charge in [-0.1, -0.05) is 43.7 Å². The maximum atomic E-state index is 5.59. The summed E-state index contributed by atoms with van der Waals surface area (Å²) in [6, 6.07) is 11.2. The molecule has 1 heterocycles. The van der Waals surface area contributed by atoms with Crippen LogP contribution in [0.4, 0.5) is 0 Å². The molecule has 1 aliphatic heterocycles. The molecule has 2 N–H and O–H groups in total. The summed E-state index contributed by atoms with van der Waals surface area (Å²) in [7, 11) is 1.82. The zero-order valence-corrected chi connectivity index (χ0v) is 15.8. The van der Waals surface area contributed by atoms with Gasteiger partial charge >= 0.3 is 0 Å². The number of nitrogens with zero attached hydrogens (tertiary/aromatic N) is 2. The Morgan fingerprint density at radius 1 is 1.16 bits per heavy atom. The molecule has 0 radical (unpaired) electrons. The van der Waals surface area contributed by atoms with Gasteiger partial charge in [0.15, 0.2) is 5.96 Å². The standard InChI is InChI=1S/C20H34N4O/c1-3-4-15-25-16-12-22-20(21-2)23-17-19(24-13-8-9-14-24)18-10-6-5-7-11-18/h5-7,10-11,19H,3-4,8-9,12-17H2,1-2H3,(H2,21,22,23). The van der Waals surface area contributed by atoms with Crippen LogP contribution in [0.3, 0.4) is 0 Å². The molecule has 1 fully saturated rings. The first-order valence-corrected chi connectivity index (χ1v) is 9.66. The van der Waals surface area contributed by atoms with E-state index in [0.717, 1.165) is 38.7 Å². The van der Waals surface area contributed by atoms with Crippen LogP contribution in [0.25, 0.3) is 0 Å². The molecule has 0 amide bonds. The number of ether oxygens (including phenoxy) is 1. The highest BCUT2D eigenvalue weighted by Crippen LogP contribution is 2.24. The van der Waals surface area contributed by atoms with E-state index >= 15 is 0 Å². The number of nitrogens with one attached hydrogen (secondary N) is 2. The number of hydrogen-bond donors (Lipinski definition) is 2. The molecule has 25 heavy (non-hydrogen) atoms. The first-order chi connectivity index (χ1) is 12.3. The SMILES string of the molecule is CCCCOCCNC(=NC)NCC(c1ccccc1)N1CCCC1. The summed E-state index contributed by atoms with van der Waals surface area (Å²) >= 11 is 0. The van der Waals surface area contributed by atoms with Crippen molar-refractivity contribution in [2.24, 2.45) is 4.99 Å². The van der Waals surface area contributed by atoms with E-state index in [4.69, 9.17) is 4.74 Å². The Hall–Kier alpha value is -1.59. The van der Waals surface area contributed by atoms with Crippen molar-refractivity contribution in [2.75, 3.05) is 46.4 Å². The molecule has 140 valence electrons. The van der Waals surface area contributed by atoms with Gasteiger partial charge in [0.2, 0.25) is 0 Å². The fourth-order valence-corrected chi connectivity index (χ4v) is 3.19. The quantitative estimate of drug-likeness (QED) is 0.389. The largest absolute Gasteiger partial charge is 0.380 e. The fourth-order valence-electron chi connectivity index (χ4n) is 3.19. The molecule has 1 aromatic carbocycles. The Kier molecular flexibility index (Phi) is 9.37. The van der Waals surface area contributed by atoms with Gasteiger partial charge in [-0.25, -0.2) is 0 Å². The van der Waals surface area contributed by atoms with E-state index in [1.165, 1.54) is 37.9 Å². The number of unbranched alkanes of at least 4 members (excludes halogenated alkanes) is 1. The minimum absolute atomic E-state index is 0.392. The van der Waals surface area contributed by atoms with Gasteiger partial charge in [-0.3, -0.25) is 9.89 Å². The van der Waals surface area contributed by atoms with Gasteiger partial charge in [0, 0.05) is 26.7 Å². The predicted octanol–water partition coefficient (Wildman–Crippen LogP) is 2.81. The highest BCUT2D eigenvalue weighted by Gasteiger charge is 2.23. The van der Waals surface area contributed by atoms with Crippen LogP contribution in [0.1, 0.15) is 44.2 Å². The van der Waals surface area contributed by atoms with E-state index in [0.29, 0.717) is 6.04 Å². The van der Waals surface area contributed by atoms with E-state index < -0.39 is 0 Å². The molecule has 1 aromatic rings. The molecular weight excluding hydrogens is 312 g/mol. The van der Waals surface area contributed by atoms with Gasteiger partial charge in [-0.15, -0.1) is 0 Å². The molecule has 5 nitrogen and oxygen atoms in total. The maximum Gasteiger partial charge on any atom is 0.191 e. The monoisotopic (exact) mass is 346 g/mol. The highest BCUT2D eigenvalue weighted by molar-refractivity contribution is 5.79. The lowest BCUT2D eigenvalue weighted by Gasteiger charge is -2.29. The van der Waals surface area contributed by atoms with Crippen LogP contribution in [0.2, 0.25) is 0 Å². The Morgan fingerprint density at radius 3 is 2.60 bits per heavy atom. The lowest BCUT2D eigenvalue weighted by atomic mass is 10.1. The van der Waals surface area contributed by atoms with Gasteiger partial charge in [0.25, 0.3) is 0 Å². The third-order valence-corrected chi connectivity index (χ3v) is 4.63. The molecule has 1 atom stereocenters. The Labute approximate surface area is 152 Å². The van der Waals surface area contributed by atoms with Crippen molar-refractivity contribution in [1.82, 2.24) is 15.5 Å². The second kappa shape index (κ2) is 11.9. The zero-order chi connectivity index (χ0) is 17.7. The summed E-state index contributed by atoms with van der Waals surface area (Å²) in [5.74, 6) is 0.846. The molecule has 0 bridgehead atoms. The second-order valence-electron chi connectivity index (χ2n) is 6.52. The van der Waals surface area contributed by atoms with Crippen molar-refractivity contribution in [3.8, 4) is 0 Å². The molecule has 2 rings (SSSR count). The van der Waals surface area contributed by atoms with E-state index in [1.807, 2.05) is 7.05 Å². The lowest BCUT2D eigenvalue weighted by molar-refractivity contribution is 0.136. The summed E-state index contributed by atoms with van der Waals surface area (Å²) in [5.41, 5.74) is 1.37. The fraction of sp³-hybridized carbons (Fsp3) is 0.650. The third kappa shape index (κ3) is 7.04. The van der Waals surface area contributed by atoms with Crippen LogP contribution >= 0.6 is 0 Å². The van der Waals surface area contributed by atoms with E-state index in [9.17, 15) is 0 Å². The maximum absolute atomic E-state index is 5.59. The van der Waals surface area contributed by atoms with Crippen LogP contribution < -0.4 is 10.6 Å². The Balaban J connectivity index is 1.80. The molecular formula is C20H34N4O.